The zero-order chi connectivity index (χ0) is 35.9. The van der Waals surface area contributed by atoms with Crippen LogP contribution in [0.25, 0.3) is 0 Å². The molecule has 7 atom stereocenters. The summed E-state index contributed by atoms with van der Waals surface area (Å²) in [6.07, 6.45) is 2.53. The van der Waals surface area contributed by atoms with Crippen LogP contribution in [0.1, 0.15) is 93.4 Å². The lowest BCUT2D eigenvalue weighted by atomic mass is 9.49. The van der Waals surface area contributed by atoms with Crippen molar-refractivity contribution in [2.75, 3.05) is 7.11 Å². The summed E-state index contributed by atoms with van der Waals surface area (Å²) in [5, 5.41) is 0.0351. The van der Waals surface area contributed by atoms with Gasteiger partial charge in [0.15, 0.2) is 20.4 Å². The predicted molar refractivity (Wildman–Crippen MR) is 199 cm³/mol. The monoisotopic (exact) mass is 696 g/mol. The molecule has 1 saturated carbocycles. The Morgan fingerprint density at radius 2 is 1.60 bits per heavy atom. The number of rotatable bonds is 8. The quantitative estimate of drug-likeness (QED) is 0.153. The van der Waals surface area contributed by atoms with Crippen LogP contribution in [0, 0.1) is 16.7 Å². The van der Waals surface area contributed by atoms with Gasteiger partial charge in [-0.15, -0.1) is 0 Å². The molecule has 0 amide bonds. The second-order valence-electron chi connectivity index (χ2n) is 19.0. The molecule has 0 aromatic heterocycles. The Morgan fingerprint density at radius 1 is 0.979 bits per heavy atom. The van der Waals surface area contributed by atoms with Gasteiger partial charge in [-0.25, -0.2) is 0 Å². The molecule has 2 fully saturated rings. The fourth-order valence-corrected chi connectivity index (χ4v) is 11.6. The molecule has 0 radical (unpaired) electrons. The van der Waals surface area contributed by atoms with E-state index >= 15 is 4.79 Å². The first-order valence-electron chi connectivity index (χ1n) is 18.1. The number of Topliss-reactive ketones (excluding diaryl/α,β-unsaturated/α-hetero) is 1. The molecule has 0 N–H and O–H groups in total. The zero-order valence-corrected chi connectivity index (χ0v) is 34.6. The Hall–Kier alpha value is -1.40. The van der Waals surface area contributed by atoms with E-state index in [4.69, 9.17) is 23.4 Å². The number of carbonyl (C=O) groups excluding carboxylic acids is 1. The predicted octanol–water partition coefficient (Wildman–Crippen LogP) is 10.0. The van der Waals surface area contributed by atoms with Gasteiger partial charge in [-0.05, 0) is 63.9 Å². The van der Waals surface area contributed by atoms with Gasteiger partial charge in [-0.3, -0.25) is 4.79 Å². The van der Waals surface area contributed by atoms with E-state index in [9.17, 15) is 0 Å². The van der Waals surface area contributed by atoms with Crippen LogP contribution >= 0.6 is 0 Å². The lowest BCUT2D eigenvalue weighted by Gasteiger charge is -2.60. The van der Waals surface area contributed by atoms with Gasteiger partial charge in [0.2, 0.25) is 0 Å². The number of carbonyl (C=O) groups is 1. The van der Waals surface area contributed by atoms with Gasteiger partial charge in [0.25, 0.3) is 0 Å². The summed E-state index contributed by atoms with van der Waals surface area (Å²) in [7, 11) is -2.14. The number of fused-ring (bicyclic) bond motifs is 3. The molecule has 1 heterocycles. The normalized spacial score (nSPS) is 34.3. The summed E-state index contributed by atoms with van der Waals surface area (Å²) >= 11 is 0. The number of benzene rings is 1. The van der Waals surface area contributed by atoms with Crippen LogP contribution in [0.5, 0.6) is 0 Å². The number of hydrogen-bond acceptors (Lipinski definition) is 6. The average molecular weight is 697 g/mol. The van der Waals surface area contributed by atoms with Gasteiger partial charge in [0.1, 0.15) is 11.4 Å². The molecule has 2 bridgehead atoms. The molecule has 6 nitrogen and oxygen atoms in total. The number of ketones is 1. The molecule has 1 spiro atoms. The van der Waals surface area contributed by atoms with Crippen LogP contribution in [0.2, 0.25) is 43.8 Å². The second kappa shape index (κ2) is 12.4. The van der Waals surface area contributed by atoms with E-state index in [-0.39, 0.29) is 28.9 Å². The van der Waals surface area contributed by atoms with E-state index in [1.54, 1.807) is 7.11 Å². The van der Waals surface area contributed by atoms with Crippen LogP contribution in [0.4, 0.5) is 0 Å². The van der Waals surface area contributed by atoms with Crippen molar-refractivity contribution in [2.45, 2.75) is 161 Å². The van der Waals surface area contributed by atoms with Crippen molar-refractivity contribution in [3.05, 3.63) is 58.7 Å². The molecule has 1 saturated heterocycles. The molecule has 48 heavy (non-hydrogen) atoms. The Kier molecular flexibility index (Phi) is 9.76. The van der Waals surface area contributed by atoms with Gasteiger partial charge in [-0.1, -0.05) is 102 Å². The maximum atomic E-state index is 15.3. The van der Waals surface area contributed by atoms with E-state index in [0.29, 0.717) is 19.3 Å². The molecule has 1 aromatic rings. The molecular weight excluding hydrogens is 633 g/mol. The highest BCUT2D eigenvalue weighted by atomic mass is 28.4. The maximum absolute atomic E-state index is 15.3. The third-order valence-electron chi connectivity index (χ3n) is 12.8. The summed E-state index contributed by atoms with van der Waals surface area (Å²) in [5.74, 6) is -0.875. The molecule has 3 aliphatic carbocycles. The first-order valence-corrected chi connectivity index (χ1v) is 24.7. The van der Waals surface area contributed by atoms with E-state index in [2.05, 4.69) is 99.4 Å². The number of ether oxygens (including phenoxy) is 4. The molecule has 0 unspecified atom stereocenters. The van der Waals surface area contributed by atoms with Crippen LogP contribution in [-0.2, 0) is 28.2 Å². The van der Waals surface area contributed by atoms with Crippen molar-refractivity contribution in [2.24, 2.45) is 16.7 Å². The largest absolute Gasteiger partial charge is 0.410 e. The second-order valence-corrected chi connectivity index (χ2v) is 29.2. The van der Waals surface area contributed by atoms with Crippen molar-refractivity contribution >= 4 is 22.2 Å². The smallest absolute Gasteiger partial charge is 0.192 e. The Morgan fingerprint density at radius 3 is 2.17 bits per heavy atom. The van der Waals surface area contributed by atoms with Crippen molar-refractivity contribution in [3.8, 4) is 0 Å². The maximum Gasteiger partial charge on any atom is 0.192 e. The van der Waals surface area contributed by atoms with Crippen LogP contribution < -0.4 is 0 Å². The molecular formula is C40H64O6Si2. The van der Waals surface area contributed by atoms with Crippen LogP contribution in [-0.4, -0.2) is 59.0 Å². The van der Waals surface area contributed by atoms with Crippen molar-refractivity contribution in [1.82, 2.24) is 0 Å². The highest BCUT2D eigenvalue weighted by Gasteiger charge is 2.71. The molecule has 8 heteroatoms. The number of hydrogen-bond donors (Lipinski definition) is 0. The van der Waals surface area contributed by atoms with Crippen LogP contribution in [0.3, 0.4) is 0 Å². The van der Waals surface area contributed by atoms with Crippen molar-refractivity contribution in [1.29, 1.82) is 0 Å². The minimum Gasteiger partial charge on any atom is -0.410 e. The van der Waals surface area contributed by atoms with Gasteiger partial charge in [0.05, 0.1) is 23.7 Å². The van der Waals surface area contributed by atoms with Gasteiger partial charge in [0, 0.05) is 44.9 Å². The Bertz CT molecular complexity index is 1450. The van der Waals surface area contributed by atoms with E-state index < -0.39 is 51.0 Å². The molecule has 1 aromatic carbocycles. The molecule has 268 valence electrons. The zero-order valence-electron chi connectivity index (χ0n) is 32.6. The van der Waals surface area contributed by atoms with Gasteiger partial charge >= 0.3 is 0 Å². The summed E-state index contributed by atoms with van der Waals surface area (Å²) in [5.41, 5.74) is 2.54. The molecule has 4 aliphatic rings. The highest BCUT2D eigenvalue weighted by molar-refractivity contribution is 6.76. The summed E-state index contributed by atoms with van der Waals surface area (Å²) < 4.78 is 34.8. The third-order valence-corrected chi connectivity index (χ3v) is 18.8. The first kappa shape index (κ1) is 37.8. The lowest BCUT2D eigenvalue weighted by Crippen LogP contribution is -2.67. The fraction of sp³-hybridized carbons (Fsp3) is 0.725. The number of methoxy groups -OCH3 is 1. The molecule has 5 rings (SSSR count). The highest BCUT2D eigenvalue weighted by Crippen LogP contribution is 2.66. The minimum absolute atomic E-state index is 0.0351. The SMILES string of the molecule is COC(C)(C)O[C@H]1CC=C(C[Si](C)(C)C)[C@H]2[C@@H]3O[C@H](c4ccccc4)O[C@]34C[C@H](O[Si](C)(C)C(C)(C)C)C(C)=C(CC(=O)[C@]12C)C4(C)C. The van der Waals surface area contributed by atoms with Gasteiger partial charge < -0.3 is 23.4 Å². The average Bonchev–Trinajstić information content (AvgIpc) is 3.34. The van der Waals surface area contributed by atoms with Crippen LogP contribution in [0.15, 0.2) is 53.1 Å². The Labute approximate surface area is 293 Å². The summed E-state index contributed by atoms with van der Waals surface area (Å²) in [6, 6.07) is 11.3. The van der Waals surface area contributed by atoms with E-state index in [1.807, 2.05) is 32.0 Å². The Balaban J connectivity index is 1.79. The fourth-order valence-electron chi connectivity index (χ4n) is 8.73. The lowest BCUT2D eigenvalue weighted by molar-refractivity contribution is -0.253. The van der Waals surface area contributed by atoms with Gasteiger partial charge in [-0.2, -0.15) is 0 Å². The summed E-state index contributed by atoms with van der Waals surface area (Å²) in [4.78, 5) is 15.3. The first-order chi connectivity index (χ1) is 21.9. The van der Waals surface area contributed by atoms with Crippen molar-refractivity contribution in [3.63, 3.8) is 0 Å². The van der Waals surface area contributed by atoms with E-state index in [1.165, 1.54) is 11.1 Å². The standard InChI is InChI=1S/C40H64O6Si2/c1-26-29-23-31(41)39(9)32(44-38(7,8)42-10)22-21-28(25-47(11,12)13)33(39)34-40(37(29,5)6,24-30(26)46-48(14,15)36(2,3)4)45-35(43-34)27-19-17-16-18-20-27/h16-21,30,32-35H,22-25H2,1-15H3/t30-,32-,33-,34-,35-,39+,40+/m0/s1. The summed E-state index contributed by atoms with van der Waals surface area (Å²) in [6.45, 7) is 31.6. The van der Waals surface area contributed by atoms with Crippen molar-refractivity contribution < 1.29 is 28.2 Å². The minimum atomic E-state index is -2.19. The molecule has 1 aliphatic heterocycles. The third kappa shape index (κ3) is 6.35. The topological polar surface area (TPSA) is 63.2 Å². The van der Waals surface area contributed by atoms with E-state index in [0.717, 1.165) is 17.2 Å².